The van der Waals surface area contributed by atoms with Crippen LogP contribution >= 0.6 is 0 Å². The topological polar surface area (TPSA) is 101 Å². The quantitative estimate of drug-likeness (QED) is 0.696. The van der Waals surface area contributed by atoms with E-state index in [0.717, 1.165) is 5.56 Å². The molecule has 1 atom stereocenters. The highest BCUT2D eigenvalue weighted by Crippen LogP contribution is 2.17. The second-order valence-corrected chi connectivity index (χ2v) is 7.64. The predicted molar refractivity (Wildman–Crippen MR) is 97.6 cm³/mol. The van der Waals surface area contributed by atoms with Crippen LogP contribution in [-0.2, 0) is 16.6 Å². The predicted octanol–water partition coefficient (Wildman–Crippen LogP) is 1.55. The van der Waals surface area contributed by atoms with Crippen molar-refractivity contribution in [3.63, 3.8) is 0 Å². The van der Waals surface area contributed by atoms with Gasteiger partial charge in [0, 0.05) is 24.7 Å². The molecule has 2 rings (SSSR count). The van der Waals surface area contributed by atoms with E-state index in [0.29, 0.717) is 12.1 Å². The molecule has 2 aromatic carbocycles. The SMILES string of the molecule is Cc1ccc(C(=O)N[C@@H](C)CN)cc1S(=O)(=O)NCc1ccccc1. The molecule has 134 valence electrons. The van der Waals surface area contributed by atoms with Gasteiger partial charge in [0.25, 0.3) is 5.91 Å². The summed E-state index contributed by atoms with van der Waals surface area (Å²) in [4.78, 5) is 12.3. The zero-order valence-corrected chi connectivity index (χ0v) is 15.1. The lowest BCUT2D eigenvalue weighted by atomic mass is 10.1. The molecule has 0 spiro atoms. The number of benzene rings is 2. The van der Waals surface area contributed by atoms with E-state index < -0.39 is 10.0 Å². The van der Waals surface area contributed by atoms with E-state index in [2.05, 4.69) is 10.0 Å². The minimum Gasteiger partial charge on any atom is -0.348 e. The van der Waals surface area contributed by atoms with Gasteiger partial charge in [0.15, 0.2) is 0 Å². The smallest absolute Gasteiger partial charge is 0.251 e. The third kappa shape index (κ3) is 5.12. The van der Waals surface area contributed by atoms with Gasteiger partial charge in [0.2, 0.25) is 10.0 Å². The highest BCUT2D eigenvalue weighted by Gasteiger charge is 2.19. The summed E-state index contributed by atoms with van der Waals surface area (Å²) in [6.45, 7) is 3.97. The van der Waals surface area contributed by atoms with Gasteiger partial charge < -0.3 is 11.1 Å². The number of aryl methyl sites for hydroxylation is 1. The van der Waals surface area contributed by atoms with Crippen LogP contribution in [0.15, 0.2) is 53.4 Å². The number of hydrogen-bond donors (Lipinski definition) is 3. The van der Waals surface area contributed by atoms with Gasteiger partial charge in [-0.2, -0.15) is 0 Å². The largest absolute Gasteiger partial charge is 0.348 e. The lowest BCUT2D eigenvalue weighted by Crippen LogP contribution is -2.37. The highest BCUT2D eigenvalue weighted by molar-refractivity contribution is 7.89. The molecule has 0 bridgehead atoms. The second kappa shape index (κ2) is 8.24. The molecule has 0 fully saturated rings. The van der Waals surface area contributed by atoms with Gasteiger partial charge in [0.05, 0.1) is 4.90 Å². The minimum atomic E-state index is -3.73. The van der Waals surface area contributed by atoms with Crippen molar-refractivity contribution in [3.8, 4) is 0 Å². The molecule has 1 amide bonds. The maximum atomic E-state index is 12.6. The Hall–Kier alpha value is -2.22. The van der Waals surface area contributed by atoms with Gasteiger partial charge in [-0.1, -0.05) is 36.4 Å². The van der Waals surface area contributed by atoms with Crippen molar-refractivity contribution in [3.05, 3.63) is 65.2 Å². The van der Waals surface area contributed by atoms with Crippen LogP contribution in [0, 0.1) is 6.92 Å². The summed E-state index contributed by atoms with van der Waals surface area (Å²) in [5.74, 6) is -0.350. The maximum Gasteiger partial charge on any atom is 0.251 e. The number of carbonyl (C=O) groups excluding carboxylic acids is 1. The molecule has 0 unspecified atom stereocenters. The fraction of sp³-hybridized carbons (Fsp3) is 0.278. The number of carbonyl (C=O) groups is 1. The number of nitrogens with one attached hydrogen (secondary N) is 2. The number of amides is 1. The van der Waals surface area contributed by atoms with Crippen LogP contribution in [0.5, 0.6) is 0 Å². The standard InChI is InChI=1S/C18H23N3O3S/c1-13-8-9-16(18(22)21-14(2)11-19)10-17(13)25(23,24)20-12-15-6-4-3-5-7-15/h3-10,14,20H,11-12,19H2,1-2H3,(H,21,22)/t14-/m0/s1. The van der Waals surface area contributed by atoms with E-state index in [-0.39, 0.29) is 29.0 Å². The average molecular weight is 361 g/mol. The summed E-state index contributed by atoms with van der Waals surface area (Å²) >= 11 is 0. The Morgan fingerprint density at radius 1 is 1.16 bits per heavy atom. The Balaban J connectivity index is 2.22. The Morgan fingerprint density at radius 3 is 2.48 bits per heavy atom. The number of sulfonamides is 1. The van der Waals surface area contributed by atoms with Crippen LogP contribution in [0.2, 0.25) is 0 Å². The molecule has 0 saturated carbocycles. The lowest BCUT2D eigenvalue weighted by molar-refractivity contribution is 0.0941. The number of rotatable bonds is 7. The van der Waals surface area contributed by atoms with Crippen molar-refractivity contribution in [2.24, 2.45) is 5.73 Å². The third-order valence-corrected chi connectivity index (χ3v) is 5.32. The van der Waals surface area contributed by atoms with Crippen LogP contribution < -0.4 is 15.8 Å². The summed E-state index contributed by atoms with van der Waals surface area (Å²) in [7, 11) is -3.73. The van der Waals surface area contributed by atoms with Gasteiger partial charge in [-0.15, -0.1) is 0 Å². The fourth-order valence-corrected chi connectivity index (χ4v) is 3.54. The molecule has 0 aliphatic rings. The van der Waals surface area contributed by atoms with E-state index in [4.69, 9.17) is 5.73 Å². The van der Waals surface area contributed by atoms with Gasteiger partial charge >= 0.3 is 0 Å². The summed E-state index contributed by atoms with van der Waals surface area (Å²) < 4.78 is 27.8. The van der Waals surface area contributed by atoms with E-state index >= 15 is 0 Å². The molecule has 6 nitrogen and oxygen atoms in total. The van der Waals surface area contributed by atoms with Gasteiger partial charge in [-0.05, 0) is 37.1 Å². The summed E-state index contributed by atoms with van der Waals surface area (Å²) in [5, 5.41) is 2.72. The molecular formula is C18H23N3O3S. The molecule has 2 aromatic rings. The molecule has 0 radical (unpaired) electrons. The van der Waals surface area contributed by atoms with Crippen molar-refractivity contribution in [2.75, 3.05) is 6.54 Å². The van der Waals surface area contributed by atoms with E-state index in [9.17, 15) is 13.2 Å². The molecule has 7 heteroatoms. The van der Waals surface area contributed by atoms with Crippen molar-refractivity contribution in [2.45, 2.75) is 31.3 Å². The molecule has 0 saturated heterocycles. The molecule has 25 heavy (non-hydrogen) atoms. The summed E-state index contributed by atoms with van der Waals surface area (Å²) in [5.41, 5.74) is 7.21. The maximum absolute atomic E-state index is 12.6. The Labute approximate surface area is 148 Å². The number of nitrogens with two attached hydrogens (primary N) is 1. The van der Waals surface area contributed by atoms with Crippen LogP contribution in [0.25, 0.3) is 0 Å². The average Bonchev–Trinajstić information content (AvgIpc) is 2.61. The molecule has 0 aliphatic carbocycles. The van der Waals surface area contributed by atoms with Gasteiger partial charge in [-0.3, -0.25) is 4.79 Å². The van der Waals surface area contributed by atoms with Crippen LogP contribution in [0.4, 0.5) is 0 Å². The van der Waals surface area contributed by atoms with Crippen LogP contribution in [-0.4, -0.2) is 26.9 Å². The van der Waals surface area contributed by atoms with Crippen molar-refractivity contribution >= 4 is 15.9 Å². The first-order chi connectivity index (χ1) is 11.8. The second-order valence-electron chi connectivity index (χ2n) is 5.90. The van der Waals surface area contributed by atoms with E-state index in [1.807, 2.05) is 30.3 Å². The van der Waals surface area contributed by atoms with Crippen LogP contribution in [0.1, 0.15) is 28.4 Å². The Kier molecular flexibility index (Phi) is 6.30. The zero-order chi connectivity index (χ0) is 18.4. The lowest BCUT2D eigenvalue weighted by Gasteiger charge is -2.14. The first-order valence-electron chi connectivity index (χ1n) is 7.98. The van der Waals surface area contributed by atoms with Gasteiger partial charge in [-0.25, -0.2) is 13.1 Å². The first kappa shape index (κ1) is 19.1. The minimum absolute atomic E-state index is 0.0940. The van der Waals surface area contributed by atoms with E-state index in [1.165, 1.54) is 6.07 Å². The Morgan fingerprint density at radius 2 is 1.84 bits per heavy atom. The molecular weight excluding hydrogens is 338 g/mol. The Bertz CT molecular complexity index is 836. The monoisotopic (exact) mass is 361 g/mol. The van der Waals surface area contributed by atoms with Crippen molar-refractivity contribution < 1.29 is 13.2 Å². The van der Waals surface area contributed by atoms with Crippen molar-refractivity contribution in [1.82, 2.24) is 10.0 Å². The third-order valence-electron chi connectivity index (χ3n) is 3.78. The van der Waals surface area contributed by atoms with Crippen molar-refractivity contribution in [1.29, 1.82) is 0 Å². The van der Waals surface area contributed by atoms with Gasteiger partial charge in [0.1, 0.15) is 0 Å². The van der Waals surface area contributed by atoms with Crippen LogP contribution in [0.3, 0.4) is 0 Å². The number of hydrogen-bond acceptors (Lipinski definition) is 4. The highest BCUT2D eigenvalue weighted by atomic mass is 32.2. The zero-order valence-electron chi connectivity index (χ0n) is 14.3. The molecule has 0 heterocycles. The molecule has 4 N–H and O–H groups in total. The fourth-order valence-electron chi connectivity index (χ4n) is 2.25. The summed E-state index contributed by atoms with van der Waals surface area (Å²) in [6, 6.07) is 13.7. The normalized spacial score (nSPS) is 12.6. The van der Waals surface area contributed by atoms with E-state index in [1.54, 1.807) is 26.0 Å². The first-order valence-corrected chi connectivity index (χ1v) is 9.47. The summed E-state index contributed by atoms with van der Waals surface area (Å²) in [6.07, 6.45) is 0. The molecule has 0 aliphatic heterocycles. The molecule has 0 aromatic heterocycles.